The van der Waals surface area contributed by atoms with Crippen LogP contribution in [-0.2, 0) is 19.2 Å². The van der Waals surface area contributed by atoms with Crippen molar-refractivity contribution in [3.05, 3.63) is 12.7 Å². The van der Waals surface area contributed by atoms with Gasteiger partial charge in [-0.05, 0) is 62.3 Å². The summed E-state index contributed by atoms with van der Waals surface area (Å²) in [5.74, 6) is 0. The fourth-order valence-corrected chi connectivity index (χ4v) is 0. The Morgan fingerprint density at radius 3 is 0.789 bits per heavy atom. The normalized spacial score (nSPS) is 10.3. The molecule has 0 aliphatic rings. The van der Waals surface area contributed by atoms with Crippen molar-refractivity contribution in [2.24, 2.45) is 0 Å². The number of aliphatic hydroxyl groups is 3. The van der Waals surface area contributed by atoms with Gasteiger partial charge in [0.25, 0.3) is 0 Å². The monoisotopic (exact) mass is 445 g/mol. The van der Waals surface area contributed by atoms with Crippen LogP contribution in [0.15, 0.2) is 12.7 Å². The van der Waals surface area contributed by atoms with Crippen molar-refractivity contribution in [3.63, 3.8) is 0 Å². The van der Waals surface area contributed by atoms with E-state index in [4.69, 9.17) is 15.3 Å². The van der Waals surface area contributed by atoms with Crippen LogP contribution in [0.3, 0.4) is 0 Å². The summed E-state index contributed by atoms with van der Waals surface area (Å²) in [6.07, 6.45) is 1.66. The van der Waals surface area contributed by atoms with Gasteiger partial charge in [-0.3, -0.25) is 0 Å². The summed E-state index contributed by atoms with van der Waals surface area (Å²) in [4.78, 5) is 0. The standard InChI is InChI=1S/3C4H10O.C3H3.W/c3*1-4(2,3)5;1-3-2;/h3*5H,1-3H3;3H,1H2;. The van der Waals surface area contributed by atoms with Crippen molar-refractivity contribution in [1.82, 2.24) is 0 Å². The number of allylic oxidation sites excluding steroid dienone is 1. The maximum absolute atomic E-state index is 8.52. The summed E-state index contributed by atoms with van der Waals surface area (Å²) in [6.45, 7) is 19.1. The first kappa shape index (κ1) is 27.4. The number of hydrogen-bond donors (Lipinski definition) is 3. The van der Waals surface area contributed by atoms with E-state index in [0.717, 1.165) is 0 Å². The van der Waals surface area contributed by atoms with Crippen molar-refractivity contribution < 1.29 is 34.5 Å². The third-order valence-corrected chi connectivity index (χ3v) is 0.682. The molecule has 3 N–H and O–H groups in total. The van der Waals surface area contributed by atoms with Crippen molar-refractivity contribution >= 4 is 0 Å². The fraction of sp³-hybridized carbons (Fsp3) is 0.800. The Labute approximate surface area is 130 Å². The van der Waals surface area contributed by atoms with Crippen LogP contribution in [0.1, 0.15) is 62.3 Å². The molecule has 0 rings (SSSR count). The minimum Gasteiger partial charge on any atom is -0.391 e. The molecule has 0 saturated heterocycles. The van der Waals surface area contributed by atoms with Gasteiger partial charge in [0.15, 0.2) is 0 Å². The van der Waals surface area contributed by atoms with Crippen molar-refractivity contribution in [2.45, 2.75) is 79.1 Å². The third-order valence-electron chi connectivity index (χ3n) is 0.0833. The van der Waals surface area contributed by atoms with Crippen LogP contribution in [0.2, 0.25) is 0 Å². The van der Waals surface area contributed by atoms with Gasteiger partial charge in [-0.15, -0.1) is 0 Å². The molecule has 117 valence electrons. The smallest absolute Gasteiger partial charge is 0.0563 e. The molecule has 0 atom stereocenters. The minimum absolute atomic E-state index is 0.500. The van der Waals surface area contributed by atoms with E-state index >= 15 is 0 Å². The topological polar surface area (TPSA) is 60.7 Å². The van der Waals surface area contributed by atoms with Gasteiger partial charge in [-0.25, -0.2) is 0 Å². The van der Waals surface area contributed by atoms with Gasteiger partial charge in [-0.1, -0.05) is 0 Å². The summed E-state index contributed by atoms with van der Waals surface area (Å²) in [7, 11) is 0. The molecule has 0 aromatic heterocycles. The molecule has 0 fully saturated rings. The Morgan fingerprint density at radius 1 is 0.737 bits per heavy atom. The largest absolute Gasteiger partial charge is 0.391 e. The van der Waals surface area contributed by atoms with Crippen molar-refractivity contribution in [1.29, 1.82) is 0 Å². The average Bonchev–Trinajstić information content (AvgIpc) is 1.93. The molecule has 0 aliphatic carbocycles. The van der Waals surface area contributed by atoms with Crippen LogP contribution in [0, 0.1) is 4.20 Å². The van der Waals surface area contributed by atoms with E-state index in [0.29, 0.717) is 0 Å². The molecule has 0 aromatic carbocycles. The second-order valence-corrected chi connectivity index (χ2v) is 7.68. The zero-order chi connectivity index (χ0) is 16.9. The Morgan fingerprint density at radius 2 is 0.789 bits per heavy atom. The molecule has 0 unspecified atom stereocenters. The van der Waals surface area contributed by atoms with Gasteiger partial charge in [0, 0.05) is 0 Å². The Balaban J connectivity index is -0.0000000793. The maximum Gasteiger partial charge on any atom is 0.0563 e. The first-order valence-corrected chi connectivity index (χ1v) is 7.54. The summed E-state index contributed by atoms with van der Waals surface area (Å²) >= 11 is 1.34. The summed E-state index contributed by atoms with van der Waals surface area (Å²) in [5, 5.41) is 25.6. The van der Waals surface area contributed by atoms with E-state index in [1.54, 1.807) is 68.4 Å². The summed E-state index contributed by atoms with van der Waals surface area (Å²) in [6, 6.07) is 0. The van der Waals surface area contributed by atoms with Gasteiger partial charge >= 0.3 is 36.0 Å². The zero-order valence-electron chi connectivity index (χ0n) is 14.0. The van der Waals surface area contributed by atoms with E-state index in [1.165, 1.54) is 19.2 Å². The Hall–Kier alpha value is 0.0883. The summed E-state index contributed by atoms with van der Waals surface area (Å²) < 4.78 is 2.78. The van der Waals surface area contributed by atoms with Crippen LogP contribution >= 0.6 is 0 Å². The molecule has 0 saturated carbocycles. The maximum atomic E-state index is 8.52. The molecule has 0 aliphatic heterocycles. The van der Waals surface area contributed by atoms with Crippen LogP contribution in [-0.4, -0.2) is 32.1 Å². The molecule has 19 heavy (non-hydrogen) atoms. The third kappa shape index (κ3) is 3950. The van der Waals surface area contributed by atoms with E-state index in [2.05, 4.69) is 10.8 Å². The molecule has 3 nitrogen and oxygen atoms in total. The number of hydrogen-bond acceptors (Lipinski definition) is 3. The van der Waals surface area contributed by atoms with Gasteiger partial charge in [0.2, 0.25) is 0 Å². The van der Waals surface area contributed by atoms with Gasteiger partial charge in [0.1, 0.15) is 0 Å². The molecule has 0 bridgehead atoms. The molecule has 0 heterocycles. The minimum atomic E-state index is -0.500. The predicted octanol–water partition coefficient (Wildman–Crippen LogP) is 3.01. The Kier molecular flexibility index (Phi) is 18.9. The SMILES string of the molecule is C=C[C]#[W].CC(C)(C)O.CC(C)(C)O.CC(C)(C)O. The van der Waals surface area contributed by atoms with E-state index in [1.807, 2.05) is 0 Å². The van der Waals surface area contributed by atoms with Crippen molar-refractivity contribution in [2.75, 3.05) is 0 Å². The van der Waals surface area contributed by atoms with E-state index in [9.17, 15) is 0 Å². The van der Waals surface area contributed by atoms with E-state index < -0.39 is 16.8 Å². The molecular weight excluding hydrogens is 412 g/mol. The first-order valence-electron chi connectivity index (χ1n) is 6.07. The first-order chi connectivity index (χ1) is 7.91. The molecule has 0 amide bonds. The van der Waals surface area contributed by atoms with Crippen LogP contribution in [0.5, 0.6) is 0 Å². The van der Waals surface area contributed by atoms with Crippen LogP contribution < -0.4 is 0 Å². The molecule has 0 radical (unpaired) electrons. The average molecular weight is 445 g/mol. The Bertz CT molecular complexity index is 188. The van der Waals surface area contributed by atoms with Crippen LogP contribution in [0.4, 0.5) is 0 Å². The van der Waals surface area contributed by atoms with Gasteiger partial charge in [-0.2, -0.15) is 0 Å². The van der Waals surface area contributed by atoms with Crippen LogP contribution in [0.25, 0.3) is 0 Å². The predicted molar refractivity (Wildman–Crippen MR) is 80.0 cm³/mol. The molecule has 0 spiro atoms. The second kappa shape index (κ2) is 13.1. The molecular formula is C15H33O3W. The van der Waals surface area contributed by atoms with Gasteiger partial charge in [0.05, 0.1) is 16.8 Å². The van der Waals surface area contributed by atoms with E-state index in [-0.39, 0.29) is 0 Å². The quantitative estimate of drug-likeness (QED) is 0.538. The summed E-state index contributed by atoms with van der Waals surface area (Å²) in [5.41, 5.74) is -1.50. The van der Waals surface area contributed by atoms with Crippen molar-refractivity contribution in [3.8, 4) is 4.20 Å². The zero-order valence-corrected chi connectivity index (χ0v) is 17.0. The van der Waals surface area contributed by atoms with Gasteiger partial charge < -0.3 is 15.3 Å². The fourth-order valence-electron chi connectivity index (χ4n) is 0. The molecule has 0 aromatic rings. The number of rotatable bonds is 0. The molecule has 4 heteroatoms. The second-order valence-electron chi connectivity index (χ2n) is 6.83.